The van der Waals surface area contributed by atoms with E-state index in [1.165, 1.54) is 0 Å². The molecule has 0 N–H and O–H groups in total. The smallest absolute Gasteiger partial charge is 0.308 e. The summed E-state index contributed by atoms with van der Waals surface area (Å²) in [5.41, 5.74) is 5.24. The number of nitrogens with zero attached hydrogens (tertiary/aromatic N) is 2. The standard InChI is InChI=1S/C24H23ClN2O3/c1-3-4-13-29-21(28)14-20-24-22(15(2)30-27-24)18-7-5-6-8-19(18)23(26-20)16-9-11-17(25)12-10-16/h5-12,20H,3-4,13-14H2,1-2H3/t20-/m0/s1. The van der Waals surface area contributed by atoms with Gasteiger partial charge in [0.2, 0.25) is 0 Å². The van der Waals surface area contributed by atoms with Gasteiger partial charge in [-0.3, -0.25) is 9.79 Å². The highest BCUT2D eigenvalue weighted by molar-refractivity contribution is 6.30. The molecule has 0 bridgehead atoms. The Balaban J connectivity index is 1.81. The Morgan fingerprint density at radius 2 is 1.87 bits per heavy atom. The van der Waals surface area contributed by atoms with E-state index in [0.29, 0.717) is 23.1 Å². The summed E-state index contributed by atoms with van der Waals surface area (Å²) in [5, 5.41) is 4.94. The zero-order valence-corrected chi connectivity index (χ0v) is 17.8. The second kappa shape index (κ2) is 8.84. The summed E-state index contributed by atoms with van der Waals surface area (Å²) >= 11 is 6.09. The Morgan fingerprint density at radius 1 is 1.13 bits per heavy atom. The quantitative estimate of drug-likeness (QED) is 0.365. The van der Waals surface area contributed by atoms with Gasteiger partial charge in [0.15, 0.2) is 0 Å². The average Bonchev–Trinajstić information content (AvgIpc) is 3.07. The summed E-state index contributed by atoms with van der Waals surface area (Å²) < 4.78 is 10.9. The first kappa shape index (κ1) is 20.4. The molecule has 2 heterocycles. The van der Waals surface area contributed by atoms with Crippen LogP contribution in [-0.4, -0.2) is 23.4 Å². The number of fused-ring (bicyclic) bond motifs is 3. The van der Waals surface area contributed by atoms with Crippen molar-refractivity contribution in [2.75, 3.05) is 6.61 Å². The van der Waals surface area contributed by atoms with Crippen LogP contribution in [0.5, 0.6) is 0 Å². The predicted octanol–water partition coefficient (Wildman–Crippen LogP) is 5.93. The van der Waals surface area contributed by atoms with E-state index >= 15 is 0 Å². The van der Waals surface area contributed by atoms with Gasteiger partial charge in [-0.2, -0.15) is 0 Å². The highest BCUT2D eigenvalue weighted by Gasteiger charge is 2.31. The number of esters is 1. The van der Waals surface area contributed by atoms with Crippen LogP contribution in [0.15, 0.2) is 58.0 Å². The van der Waals surface area contributed by atoms with Crippen LogP contribution in [0.4, 0.5) is 0 Å². The zero-order valence-electron chi connectivity index (χ0n) is 17.0. The fourth-order valence-corrected chi connectivity index (χ4v) is 3.79. The molecule has 1 aliphatic rings. The van der Waals surface area contributed by atoms with Crippen molar-refractivity contribution in [1.29, 1.82) is 0 Å². The largest absolute Gasteiger partial charge is 0.466 e. The molecule has 1 aromatic heterocycles. The van der Waals surface area contributed by atoms with Gasteiger partial charge in [-0.25, -0.2) is 0 Å². The third kappa shape index (κ3) is 4.03. The van der Waals surface area contributed by atoms with Crippen LogP contribution in [0.25, 0.3) is 11.1 Å². The molecule has 5 nitrogen and oxygen atoms in total. The van der Waals surface area contributed by atoms with E-state index in [4.69, 9.17) is 25.9 Å². The van der Waals surface area contributed by atoms with Crippen LogP contribution in [-0.2, 0) is 9.53 Å². The molecule has 0 radical (unpaired) electrons. The highest BCUT2D eigenvalue weighted by Crippen LogP contribution is 2.40. The summed E-state index contributed by atoms with van der Waals surface area (Å²) in [7, 11) is 0. The second-order valence-electron chi connectivity index (χ2n) is 7.32. The van der Waals surface area contributed by atoms with Gasteiger partial charge >= 0.3 is 5.97 Å². The van der Waals surface area contributed by atoms with Gasteiger partial charge in [0.05, 0.1) is 24.3 Å². The normalized spacial score (nSPS) is 15.0. The molecule has 6 heteroatoms. The molecule has 4 rings (SSSR count). The maximum Gasteiger partial charge on any atom is 0.308 e. The summed E-state index contributed by atoms with van der Waals surface area (Å²) in [6, 6.07) is 15.1. The lowest BCUT2D eigenvalue weighted by molar-refractivity contribution is -0.144. The van der Waals surface area contributed by atoms with E-state index in [1.54, 1.807) is 0 Å². The molecule has 3 aromatic rings. The van der Waals surface area contributed by atoms with Crippen molar-refractivity contribution in [3.63, 3.8) is 0 Å². The third-order valence-electron chi connectivity index (χ3n) is 5.18. The van der Waals surface area contributed by atoms with Crippen LogP contribution in [0.3, 0.4) is 0 Å². The zero-order chi connectivity index (χ0) is 21.1. The van der Waals surface area contributed by atoms with Crippen LogP contribution < -0.4 is 0 Å². The summed E-state index contributed by atoms with van der Waals surface area (Å²) in [5.74, 6) is 0.416. The Morgan fingerprint density at radius 3 is 2.60 bits per heavy atom. The first-order chi connectivity index (χ1) is 14.6. The highest BCUT2D eigenvalue weighted by atomic mass is 35.5. The number of aryl methyl sites for hydroxylation is 1. The Kier molecular flexibility index (Phi) is 6.00. The van der Waals surface area contributed by atoms with Crippen LogP contribution in [0.2, 0.25) is 5.02 Å². The Hall–Kier alpha value is -2.92. The van der Waals surface area contributed by atoms with E-state index < -0.39 is 6.04 Å². The molecule has 0 saturated heterocycles. The monoisotopic (exact) mass is 422 g/mol. The minimum atomic E-state index is -0.496. The van der Waals surface area contributed by atoms with Crippen molar-refractivity contribution in [3.8, 4) is 11.1 Å². The van der Waals surface area contributed by atoms with Crippen molar-refractivity contribution in [3.05, 3.63) is 76.1 Å². The van der Waals surface area contributed by atoms with Gasteiger partial charge in [-0.1, -0.05) is 66.5 Å². The molecule has 0 saturated carbocycles. The first-order valence-electron chi connectivity index (χ1n) is 10.1. The summed E-state index contributed by atoms with van der Waals surface area (Å²) in [4.78, 5) is 17.5. The number of aromatic nitrogens is 1. The molecule has 1 atom stereocenters. The van der Waals surface area contributed by atoms with Crippen molar-refractivity contribution in [2.24, 2.45) is 4.99 Å². The lowest BCUT2D eigenvalue weighted by Crippen LogP contribution is -2.12. The first-order valence-corrected chi connectivity index (χ1v) is 10.5. The van der Waals surface area contributed by atoms with E-state index in [-0.39, 0.29) is 12.4 Å². The van der Waals surface area contributed by atoms with E-state index in [1.807, 2.05) is 55.5 Å². The number of benzene rings is 2. The fourth-order valence-electron chi connectivity index (χ4n) is 3.67. The van der Waals surface area contributed by atoms with Crippen LogP contribution in [0, 0.1) is 6.92 Å². The van der Waals surface area contributed by atoms with Gasteiger partial charge < -0.3 is 9.26 Å². The maximum absolute atomic E-state index is 12.5. The van der Waals surface area contributed by atoms with Crippen LogP contribution in [0.1, 0.15) is 54.8 Å². The number of aliphatic imine (C=N–C) groups is 1. The number of hydrogen-bond acceptors (Lipinski definition) is 5. The number of carbonyl (C=O) groups excluding carboxylic acids is 1. The molecule has 1 aliphatic heterocycles. The summed E-state index contributed by atoms with van der Waals surface area (Å²) in [6.45, 7) is 4.36. The van der Waals surface area contributed by atoms with Crippen molar-refractivity contribution in [2.45, 2.75) is 39.2 Å². The number of unbranched alkanes of at least 4 members (excludes halogenated alkanes) is 1. The van der Waals surface area contributed by atoms with E-state index in [9.17, 15) is 4.79 Å². The minimum Gasteiger partial charge on any atom is -0.466 e. The molecule has 0 spiro atoms. The molecule has 2 aromatic carbocycles. The third-order valence-corrected chi connectivity index (χ3v) is 5.43. The van der Waals surface area contributed by atoms with Crippen molar-refractivity contribution >= 4 is 23.3 Å². The van der Waals surface area contributed by atoms with E-state index in [0.717, 1.165) is 40.8 Å². The van der Waals surface area contributed by atoms with Gasteiger partial charge in [0.25, 0.3) is 0 Å². The number of halogens is 1. The van der Waals surface area contributed by atoms with Crippen LogP contribution >= 0.6 is 11.6 Å². The number of rotatable bonds is 6. The maximum atomic E-state index is 12.5. The van der Waals surface area contributed by atoms with Gasteiger partial charge in [0.1, 0.15) is 17.5 Å². The molecular weight excluding hydrogens is 400 g/mol. The SMILES string of the molecule is CCCCOC(=O)C[C@@H]1N=C(c2ccc(Cl)cc2)c2ccccc2-c2c1noc2C. The molecule has 0 aliphatic carbocycles. The average molecular weight is 423 g/mol. The molecule has 0 amide bonds. The lowest BCUT2D eigenvalue weighted by Gasteiger charge is -2.12. The molecule has 0 unspecified atom stereocenters. The minimum absolute atomic E-state index is 0.105. The van der Waals surface area contributed by atoms with E-state index in [2.05, 4.69) is 12.1 Å². The van der Waals surface area contributed by atoms with Crippen molar-refractivity contribution in [1.82, 2.24) is 5.16 Å². The van der Waals surface area contributed by atoms with Gasteiger partial charge in [-0.05, 0) is 31.0 Å². The fraction of sp³-hybridized carbons (Fsp3) is 0.292. The molecule has 154 valence electrons. The second-order valence-corrected chi connectivity index (χ2v) is 7.76. The molecule has 0 fully saturated rings. The number of hydrogen-bond donors (Lipinski definition) is 0. The molecule has 30 heavy (non-hydrogen) atoms. The topological polar surface area (TPSA) is 64.7 Å². The van der Waals surface area contributed by atoms with Gasteiger partial charge in [0, 0.05) is 16.1 Å². The molecular formula is C24H23ClN2O3. The predicted molar refractivity (Wildman–Crippen MR) is 117 cm³/mol. The number of carbonyl (C=O) groups is 1. The Labute approximate surface area is 180 Å². The lowest BCUT2D eigenvalue weighted by atomic mass is 9.93. The number of ether oxygens (including phenoxy) is 1. The van der Waals surface area contributed by atoms with Crippen molar-refractivity contribution < 1.29 is 14.1 Å². The Bertz CT molecular complexity index is 1090. The summed E-state index contributed by atoms with van der Waals surface area (Å²) in [6.07, 6.45) is 1.92. The van der Waals surface area contributed by atoms with Gasteiger partial charge in [-0.15, -0.1) is 0 Å².